The van der Waals surface area contributed by atoms with Crippen molar-refractivity contribution in [1.29, 1.82) is 0 Å². The molecule has 0 aromatic heterocycles. The Morgan fingerprint density at radius 3 is 2.00 bits per heavy atom. The second-order valence-corrected chi connectivity index (χ2v) is 5.31. The molecule has 0 amide bonds. The zero-order chi connectivity index (χ0) is 16.6. The number of benzene rings is 2. The van der Waals surface area contributed by atoms with Crippen molar-refractivity contribution in [1.82, 2.24) is 0 Å². The third-order valence-electron chi connectivity index (χ3n) is 3.64. The van der Waals surface area contributed by atoms with Crippen molar-refractivity contribution >= 4 is 10.8 Å². The van der Waals surface area contributed by atoms with Gasteiger partial charge in [-0.1, -0.05) is 24.3 Å². The van der Waals surface area contributed by atoms with Crippen LogP contribution in [0.2, 0.25) is 0 Å². The average molecular weight is 334 g/mol. The van der Waals surface area contributed by atoms with E-state index < -0.39 is 0 Å². The van der Waals surface area contributed by atoms with Crippen molar-refractivity contribution in [2.24, 2.45) is 0 Å². The van der Waals surface area contributed by atoms with Gasteiger partial charge in [-0.05, 0) is 11.5 Å². The van der Waals surface area contributed by atoms with Crippen molar-refractivity contribution < 1.29 is 28.8 Å². The molecule has 1 N–H and O–H groups in total. The molecule has 2 aromatic rings. The predicted molar refractivity (Wildman–Crippen MR) is 89.1 cm³/mol. The summed E-state index contributed by atoms with van der Waals surface area (Å²) in [6, 6.07) is 9.43. The summed E-state index contributed by atoms with van der Waals surface area (Å²) in [4.78, 5) is 0. The molecule has 0 saturated carbocycles. The molecule has 1 aliphatic heterocycles. The molecule has 130 valence electrons. The lowest BCUT2D eigenvalue weighted by Crippen LogP contribution is -2.13. The summed E-state index contributed by atoms with van der Waals surface area (Å²) >= 11 is 0. The van der Waals surface area contributed by atoms with Crippen molar-refractivity contribution in [2.75, 3.05) is 52.9 Å². The van der Waals surface area contributed by atoms with E-state index in [0.717, 1.165) is 10.8 Å². The van der Waals surface area contributed by atoms with Gasteiger partial charge in [-0.25, -0.2) is 0 Å². The van der Waals surface area contributed by atoms with Gasteiger partial charge in [-0.2, -0.15) is 0 Å². The molecule has 6 nitrogen and oxygen atoms in total. The highest BCUT2D eigenvalue weighted by atomic mass is 16.6. The lowest BCUT2D eigenvalue weighted by atomic mass is 10.1. The number of aromatic hydroxyl groups is 1. The van der Waals surface area contributed by atoms with Crippen molar-refractivity contribution in [2.45, 2.75) is 0 Å². The molecule has 1 heterocycles. The summed E-state index contributed by atoms with van der Waals surface area (Å²) in [7, 11) is 0. The molecular formula is C18H22O6. The number of hydrogen-bond donors (Lipinski definition) is 1. The lowest BCUT2D eigenvalue weighted by Gasteiger charge is -2.16. The molecular weight excluding hydrogens is 312 g/mol. The van der Waals surface area contributed by atoms with Crippen molar-refractivity contribution in [3.05, 3.63) is 30.3 Å². The van der Waals surface area contributed by atoms with E-state index in [2.05, 4.69) is 0 Å². The highest BCUT2D eigenvalue weighted by molar-refractivity contribution is 5.92. The van der Waals surface area contributed by atoms with Crippen LogP contribution in [0.4, 0.5) is 0 Å². The first-order valence-electron chi connectivity index (χ1n) is 8.10. The van der Waals surface area contributed by atoms with Crippen LogP contribution in [0.5, 0.6) is 17.2 Å². The fraction of sp³-hybridized carbons (Fsp3) is 0.444. The van der Waals surface area contributed by atoms with Gasteiger partial charge >= 0.3 is 0 Å². The van der Waals surface area contributed by atoms with Crippen molar-refractivity contribution in [3.63, 3.8) is 0 Å². The molecule has 0 radical (unpaired) electrons. The van der Waals surface area contributed by atoms with Crippen LogP contribution in [0.1, 0.15) is 0 Å². The molecule has 6 heteroatoms. The first-order chi connectivity index (χ1) is 11.9. The fourth-order valence-electron chi connectivity index (χ4n) is 2.49. The molecule has 0 bridgehead atoms. The molecule has 24 heavy (non-hydrogen) atoms. The van der Waals surface area contributed by atoms with E-state index in [9.17, 15) is 5.11 Å². The Hall–Kier alpha value is -2.02. The molecule has 0 saturated heterocycles. The van der Waals surface area contributed by atoms with Gasteiger partial charge in [0.1, 0.15) is 13.2 Å². The van der Waals surface area contributed by atoms with Gasteiger partial charge in [-0.3, -0.25) is 0 Å². The van der Waals surface area contributed by atoms with Gasteiger partial charge in [-0.15, -0.1) is 0 Å². The van der Waals surface area contributed by atoms with Crippen LogP contribution in [0.15, 0.2) is 30.3 Å². The Labute approximate surface area is 140 Å². The normalized spacial score (nSPS) is 17.8. The Balaban J connectivity index is 1.82. The van der Waals surface area contributed by atoms with E-state index in [-0.39, 0.29) is 5.75 Å². The monoisotopic (exact) mass is 334 g/mol. The summed E-state index contributed by atoms with van der Waals surface area (Å²) in [6.07, 6.45) is 0. The molecule has 0 atom stereocenters. The number of ether oxygens (including phenoxy) is 5. The standard InChI is InChI=1S/C18H22O6/c19-17-15-4-2-1-3-14(15)13-16-18(17)24-12-10-22-8-6-20-5-7-21-9-11-23-16/h1-4,13,19H,5-12H2. The minimum absolute atomic E-state index is 0.0802. The van der Waals surface area contributed by atoms with Crippen LogP contribution in [-0.2, 0) is 14.2 Å². The number of phenols is 1. The summed E-state index contributed by atoms with van der Waals surface area (Å²) < 4.78 is 27.7. The van der Waals surface area contributed by atoms with Crippen molar-refractivity contribution in [3.8, 4) is 17.2 Å². The smallest absolute Gasteiger partial charge is 0.204 e. The maximum absolute atomic E-state index is 10.5. The number of hydrogen-bond acceptors (Lipinski definition) is 6. The van der Waals surface area contributed by atoms with Gasteiger partial charge in [0.15, 0.2) is 11.5 Å². The van der Waals surface area contributed by atoms with Crippen LogP contribution in [0.3, 0.4) is 0 Å². The van der Waals surface area contributed by atoms with Crippen LogP contribution in [0.25, 0.3) is 10.8 Å². The van der Waals surface area contributed by atoms with Gasteiger partial charge in [0.05, 0.1) is 39.6 Å². The highest BCUT2D eigenvalue weighted by Gasteiger charge is 2.15. The average Bonchev–Trinajstić information content (AvgIpc) is 2.61. The van der Waals surface area contributed by atoms with Gasteiger partial charge in [0, 0.05) is 5.39 Å². The van der Waals surface area contributed by atoms with E-state index in [4.69, 9.17) is 23.7 Å². The second kappa shape index (κ2) is 8.73. The molecule has 0 aliphatic carbocycles. The molecule has 2 aromatic carbocycles. The zero-order valence-corrected chi connectivity index (χ0v) is 13.5. The molecule has 1 aliphatic rings. The van der Waals surface area contributed by atoms with E-state index in [1.54, 1.807) is 0 Å². The van der Waals surface area contributed by atoms with Crippen LogP contribution >= 0.6 is 0 Å². The minimum Gasteiger partial charge on any atom is -0.504 e. The summed E-state index contributed by atoms with van der Waals surface area (Å²) in [5.74, 6) is 0.918. The van der Waals surface area contributed by atoms with E-state index >= 15 is 0 Å². The number of rotatable bonds is 0. The quantitative estimate of drug-likeness (QED) is 0.798. The van der Waals surface area contributed by atoms with E-state index in [0.29, 0.717) is 64.4 Å². The van der Waals surface area contributed by atoms with Crippen LogP contribution < -0.4 is 9.47 Å². The maximum Gasteiger partial charge on any atom is 0.204 e. The third-order valence-corrected chi connectivity index (χ3v) is 3.64. The topological polar surface area (TPSA) is 66.4 Å². The Bertz CT molecular complexity index is 657. The zero-order valence-electron chi connectivity index (χ0n) is 13.5. The Kier molecular flexibility index (Phi) is 6.12. The largest absolute Gasteiger partial charge is 0.504 e. The van der Waals surface area contributed by atoms with Gasteiger partial charge < -0.3 is 28.8 Å². The van der Waals surface area contributed by atoms with Crippen LogP contribution in [-0.4, -0.2) is 58.0 Å². The third kappa shape index (κ3) is 4.29. The summed E-state index contributed by atoms with van der Waals surface area (Å²) in [5.41, 5.74) is 0. The lowest BCUT2D eigenvalue weighted by molar-refractivity contribution is 0.00704. The summed E-state index contributed by atoms with van der Waals surface area (Å²) in [5, 5.41) is 12.2. The number of phenolic OH excluding ortho intramolecular Hbond substituents is 1. The predicted octanol–water partition coefficient (Wildman–Crippen LogP) is 2.37. The second-order valence-electron chi connectivity index (χ2n) is 5.31. The first kappa shape index (κ1) is 16.8. The van der Waals surface area contributed by atoms with Gasteiger partial charge in [0.25, 0.3) is 0 Å². The van der Waals surface area contributed by atoms with E-state index in [1.807, 2.05) is 30.3 Å². The minimum atomic E-state index is 0.0802. The Morgan fingerprint density at radius 2 is 1.29 bits per heavy atom. The fourth-order valence-corrected chi connectivity index (χ4v) is 2.49. The highest BCUT2D eigenvalue weighted by Crippen LogP contribution is 2.42. The van der Waals surface area contributed by atoms with E-state index in [1.165, 1.54) is 0 Å². The van der Waals surface area contributed by atoms with Crippen LogP contribution in [0, 0.1) is 0 Å². The molecule has 0 fully saturated rings. The summed E-state index contributed by atoms with van der Waals surface area (Å²) in [6.45, 7) is 3.59. The molecule has 0 spiro atoms. The van der Waals surface area contributed by atoms with Gasteiger partial charge in [0.2, 0.25) is 5.75 Å². The first-order valence-corrected chi connectivity index (χ1v) is 8.10. The maximum atomic E-state index is 10.5. The molecule has 3 rings (SSSR count). The number of fused-ring (bicyclic) bond motifs is 2. The molecule has 0 unspecified atom stereocenters. The SMILES string of the molecule is Oc1c2c(cc3ccccc13)OCCOCCOCCOCCO2. The Morgan fingerprint density at radius 1 is 0.708 bits per heavy atom.